The highest BCUT2D eigenvalue weighted by atomic mass is 16.5. The highest BCUT2D eigenvalue weighted by Crippen LogP contribution is 2.09. The maximum absolute atomic E-state index is 10.5. The molecule has 1 rings (SSSR count). The Morgan fingerprint density at radius 1 is 1.50 bits per heavy atom. The van der Waals surface area contributed by atoms with Gasteiger partial charge >= 0.3 is 5.97 Å². The quantitative estimate of drug-likeness (QED) is 0.589. The van der Waals surface area contributed by atoms with Crippen LogP contribution in [-0.4, -0.2) is 13.1 Å². The molecule has 1 radical (unpaired) electrons. The molecular formula is C10H10NO3. The molecule has 0 atom stereocenters. The van der Waals surface area contributed by atoms with Crippen LogP contribution in [0.1, 0.15) is 12.5 Å². The van der Waals surface area contributed by atoms with Crippen LogP contribution in [0.15, 0.2) is 24.3 Å². The predicted octanol–water partition coefficient (Wildman–Crippen LogP) is 1.88. The second-order valence-electron chi connectivity index (χ2n) is 2.34. The van der Waals surface area contributed by atoms with Gasteiger partial charge in [0.05, 0.1) is 18.7 Å². The van der Waals surface area contributed by atoms with Crippen LogP contribution in [0.4, 0.5) is 0 Å². The lowest BCUT2D eigenvalue weighted by molar-refractivity contribution is -0.137. The van der Waals surface area contributed by atoms with Crippen molar-refractivity contribution in [3.8, 4) is 11.8 Å². The molecule has 0 bridgehead atoms. The number of hydrogen-bond acceptors (Lipinski definition) is 3. The summed E-state index contributed by atoms with van der Waals surface area (Å²) in [6.07, 6.45) is 0. The summed E-state index contributed by atoms with van der Waals surface area (Å²) in [5, 5.41) is 18.8. The number of carbonyl (C=O) groups excluding carboxylic acids is 1. The van der Waals surface area contributed by atoms with Crippen molar-refractivity contribution in [2.45, 2.75) is 6.92 Å². The minimum Gasteiger partial charge on any atom is -0.469 e. The molecule has 0 aliphatic carbocycles. The molecule has 0 amide bonds. The molecule has 0 unspecified atom stereocenters. The zero-order chi connectivity index (χ0) is 11.0. The van der Waals surface area contributed by atoms with E-state index in [-0.39, 0.29) is 11.7 Å². The van der Waals surface area contributed by atoms with E-state index in [1.54, 1.807) is 12.1 Å². The smallest absolute Gasteiger partial charge is 0.302 e. The number of rotatable bonds is 0. The summed E-state index contributed by atoms with van der Waals surface area (Å²) < 4.78 is 4.11. The molecule has 1 aromatic carbocycles. The number of nitriles is 1. The number of esters is 1. The van der Waals surface area contributed by atoms with E-state index in [9.17, 15) is 9.90 Å². The number of nitrogens with zero attached hydrogens (tertiary/aromatic N) is 1. The van der Waals surface area contributed by atoms with Crippen molar-refractivity contribution in [1.29, 1.82) is 5.26 Å². The van der Waals surface area contributed by atoms with Gasteiger partial charge in [-0.15, -0.1) is 0 Å². The Kier molecular flexibility index (Phi) is 5.55. The van der Waals surface area contributed by atoms with E-state index in [2.05, 4.69) is 4.74 Å². The van der Waals surface area contributed by atoms with Gasteiger partial charge in [0.15, 0.2) is 5.75 Å². The van der Waals surface area contributed by atoms with Gasteiger partial charge in [-0.3, -0.25) is 9.90 Å². The predicted molar refractivity (Wildman–Crippen MR) is 49.0 cm³/mol. The molecule has 0 saturated heterocycles. The highest BCUT2D eigenvalue weighted by Gasteiger charge is 1.90. The third kappa shape index (κ3) is 5.61. The van der Waals surface area contributed by atoms with Gasteiger partial charge in [-0.05, 0) is 12.1 Å². The number of benzene rings is 1. The Morgan fingerprint density at radius 3 is 2.36 bits per heavy atom. The Labute approximate surface area is 82.4 Å². The lowest BCUT2D eigenvalue weighted by Crippen LogP contribution is -1.88. The topological polar surface area (TPSA) is 70.0 Å². The van der Waals surface area contributed by atoms with E-state index in [0.717, 1.165) is 0 Å². The first-order chi connectivity index (χ1) is 6.60. The van der Waals surface area contributed by atoms with Gasteiger partial charge in [0.2, 0.25) is 0 Å². The molecule has 14 heavy (non-hydrogen) atoms. The first kappa shape index (κ1) is 12.0. The summed E-state index contributed by atoms with van der Waals surface area (Å²) in [6.45, 7) is 1.36. The van der Waals surface area contributed by atoms with E-state index >= 15 is 0 Å². The van der Waals surface area contributed by atoms with Crippen LogP contribution in [-0.2, 0) is 14.6 Å². The summed E-state index contributed by atoms with van der Waals surface area (Å²) in [5.41, 5.74) is 0.419. The standard InChI is InChI=1S/C7H4NO.C3H6O2/c8-5-6-2-1-3-7(9)4-6;1-3(4)5-2/h1-4H;1-2H3. The van der Waals surface area contributed by atoms with Gasteiger partial charge in [0.25, 0.3) is 0 Å². The van der Waals surface area contributed by atoms with E-state index in [1.807, 2.05) is 6.07 Å². The Morgan fingerprint density at radius 2 is 2.07 bits per heavy atom. The monoisotopic (exact) mass is 192 g/mol. The summed E-state index contributed by atoms with van der Waals surface area (Å²) >= 11 is 0. The normalized spacial score (nSPS) is 7.79. The molecule has 4 heteroatoms. The molecule has 0 fully saturated rings. The van der Waals surface area contributed by atoms with Gasteiger partial charge in [-0.1, -0.05) is 6.07 Å². The fourth-order valence-electron chi connectivity index (χ4n) is 0.566. The van der Waals surface area contributed by atoms with E-state index in [1.165, 1.54) is 26.2 Å². The molecular weight excluding hydrogens is 182 g/mol. The van der Waals surface area contributed by atoms with E-state index in [4.69, 9.17) is 5.26 Å². The van der Waals surface area contributed by atoms with Crippen LogP contribution in [0.25, 0.3) is 0 Å². The van der Waals surface area contributed by atoms with Crippen LogP contribution in [0, 0.1) is 11.3 Å². The van der Waals surface area contributed by atoms with Crippen molar-refractivity contribution < 1.29 is 14.6 Å². The summed E-state index contributed by atoms with van der Waals surface area (Å²) in [6, 6.07) is 7.76. The minimum absolute atomic E-state index is 0.117. The lowest BCUT2D eigenvalue weighted by Gasteiger charge is -1.84. The first-order valence-electron chi connectivity index (χ1n) is 3.82. The number of ether oxygens (including phenoxy) is 1. The van der Waals surface area contributed by atoms with Gasteiger partial charge in [-0.2, -0.15) is 5.26 Å². The zero-order valence-corrected chi connectivity index (χ0v) is 7.98. The maximum atomic E-state index is 10.5. The van der Waals surface area contributed by atoms with Gasteiger partial charge in [-0.25, -0.2) is 0 Å². The molecule has 1 aromatic rings. The molecule has 0 spiro atoms. The first-order valence-corrected chi connectivity index (χ1v) is 3.82. The Balaban J connectivity index is 0.000000292. The van der Waals surface area contributed by atoms with Crippen LogP contribution < -0.4 is 0 Å². The lowest BCUT2D eigenvalue weighted by atomic mass is 10.2. The van der Waals surface area contributed by atoms with Crippen molar-refractivity contribution in [1.82, 2.24) is 0 Å². The molecule has 73 valence electrons. The van der Waals surface area contributed by atoms with E-state index in [0.29, 0.717) is 5.56 Å². The summed E-state index contributed by atoms with van der Waals surface area (Å²) in [7, 11) is 1.35. The molecule has 0 N–H and O–H groups in total. The van der Waals surface area contributed by atoms with Crippen LogP contribution in [0.5, 0.6) is 5.75 Å². The van der Waals surface area contributed by atoms with Crippen molar-refractivity contribution in [3.63, 3.8) is 0 Å². The summed E-state index contributed by atoms with van der Waals surface area (Å²) in [4.78, 5) is 9.59. The van der Waals surface area contributed by atoms with Crippen molar-refractivity contribution >= 4 is 5.97 Å². The van der Waals surface area contributed by atoms with Crippen LogP contribution >= 0.6 is 0 Å². The SMILES string of the molecule is COC(C)=O.N#Cc1cccc([O])c1. The molecule has 0 saturated carbocycles. The number of methoxy groups -OCH3 is 1. The Hall–Kier alpha value is -2.02. The van der Waals surface area contributed by atoms with Crippen LogP contribution in [0.3, 0.4) is 0 Å². The van der Waals surface area contributed by atoms with Crippen molar-refractivity contribution in [2.75, 3.05) is 7.11 Å². The molecule has 0 heterocycles. The molecule has 4 nitrogen and oxygen atoms in total. The zero-order valence-electron chi connectivity index (χ0n) is 7.98. The maximum Gasteiger partial charge on any atom is 0.302 e. The number of hydrogen-bond donors (Lipinski definition) is 0. The van der Waals surface area contributed by atoms with E-state index < -0.39 is 0 Å². The number of carbonyl (C=O) groups is 1. The largest absolute Gasteiger partial charge is 0.469 e. The third-order valence-electron chi connectivity index (χ3n) is 1.25. The fourth-order valence-corrected chi connectivity index (χ4v) is 0.566. The average molecular weight is 192 g/mol. The van der Waals surface area contributed by atoms with Crippen LogP contribution in [0.2, 0.25) is 0 Å². The average Bonchev–Trinajstić information content (AvgIpc) is 2.18. The fraction of sp³-hybridized carbons (Fsp3) is 0.200. The Bertz CT molecular complexity index is 341. The second kappa shape index (κ2) is 6.49. The molecule has 0 aliphatic rings. The molecule has 0 aliphatic heterocycles. The minimum atomic E-state index is -0.245. The molecule has 0 aromatic heterocycles. The second-order valence-corrected chi connectivity index (χ2v) is 2.34. The van der Waals surface area contributed by atoms with Gasteiger partial charge in [0, 0.05) is 13.0 Å². The third-order valence-corrected chi connectivity index (χ3v) is 1.25. The van der Waals surface area contributed by atoms with Gasteiger partial charge < -0.3 is 4.74 Å². The highest BCUT2D eigenvalue weighted by molar-refractivity contribution is 5.65. The van der Waals surface area contributed by atoms with Gasteiger partial charge in [0.1, 0.15) is 0 Å². The van der Waals surface area contributed by atoms with Crippen molar-refractivity contribution in [2.24, 2.45) is 0 Å². The summed E-state index contributed by atoms with van der Waals surface area (Å²) in [5.74, 6) is -0.362. The van der Waals surface area contributed by atoms with Crippen molar-refractivity contribution in [3.05, 3.63) is 29.8 Å².